The Bertz CT molecular complexity index is 496. The van der Waals surface area contributed by atoms with Gasteiger partial charge >= 0.3 is 5.91 Å². The minimum Gasteiger partial charge on any atom is -0.491 e. The summed E-state index contributed by atoms with van der Waals surface area (Å²) in [6, 6.07) is 6.52. The van der Waals surface area contributed by atoms with Gasteiger partial charge in [0.05, 0.1) is 18.9 Å². The highest BCUT2D eigenvalue weighted by Gasteiger charge is 2.33. The predicted molar refractivity (Wildman–Crippen MR) is 59.0 cm³/mol. The molecule has 1 aliphatic rings. The van der Waals surface area contributed by atoms with E-state index in [0.717, 1.165) is 11.0 Å². The number of ether oxygens (including phenoxy) is 1. The third-order valence-corrected chi connectivity index (χ3v) is 2.41. The van der Waals surface area contributed by atoms with E-state index in [-0.39, 0.29) is 5.76 Å². The number of hydrogen-bond donors (Lipinski definition) is 0. The van der Waals surface area contributed by atoms with Crippen molar-refractivity contribution in [1.82, 2.24) is 0 Å². The number of halogens is 1. The molecule has 0 saturated heterocycles. The van der Waals surface area contributed by atoms with Crippen LogP contribution in [-0.4, -0.2) is 18.9 Å². The highest BCUT2D eigenvalue weighted by molar-refractivity contribution is 6.32. The van der Waals surface area contributed by atoms with E-state index in [4.69, 9.17) is 16.3 Å². The van der Waals surface area contributed by atoms with Gasteiger partial charge in [0, 0.05) is 5.02 Å². The molecule has 0 saturated carbocycles. The van der Waals surface area contributed by atoms with Gasteiger partial charge in [-0.25, -0.2) is 4.90 Å². The topological polar surface area (TPSA) is 46.6 Å². The Morgan fingerprint density at radius 1 is 1.31 bits per heavy atom. The van der Waals surface area contributed by atoms with Crippen LogP contribution in [0.2, 0.25) is 5.02 Å². The minimum atomic E-state index is -0.477. The van der Waals surface area contributed by atoms with Crippen molar-refractivity contribution in [2.45, 2.75) is 0 Å². The van der Waals surface area contributed by atoms with Crippen molar-refractivity contribution in [2.75, 3.05) is 12.0 Å². The first-order chi connectivity index (χ1) is 7.63. The fourth-order valence-electron chi connectivity index (χ4n) is 1.45. The van der Waals surface area contributed by atoms with Crippen LogP contribution in [0, 0.1) is 0 Å². The molecular weight excluding hydrogens is 230 g/mol. The molecule has 82 valence electrons. The van der Waals surface area contributed by atoms with Crippen molar-refractivity contribution in [2.24, 2.45) is 0 Å². The molecule has 0 spiro atoms. The van der Waals surface area contributed by atoms with Gasteiger partial charge in [0.25, 0.3) is 5.91 Å². The first kappa shape index (κ1) is 10.7. The molecule has 0 aliphatic carbocycles. The van der Waals surface area contributed by atoms with Gasteiger partial charge < -0.3 is 4.74 Å². The van der Waals surface area contributed by atoms with Crippen molar-refractivity contribution in [3.05, 3.63) is 41.1 Å². The number of methoxy groups -OCH3 is 1. The molecule has 1 aromatic carbocycles. The number of benzene rings is 1. The summed E-state index contributed by atoms with van der Waals surface area (Å²) in [6.07, 6.45) is 1.16. The molecule has 0 aromatic heterocycles. The fraction of sp³-hybridized carbons (Fsp3) is 0.0909. The number of carbonyl (C=O) groups excluding carboxylic acids is 2. The van der Waals surface area contributed by atoms with Crippen LogP contribution < -0.4 is 4.90 Å². The fourth-order valence-corrected chi connectivity index (χ4v) is 1.64. The number of carbonyl (C=O) groups is 2. The van der Waals surface area contributed by atoms with E-state index < -0.39 is 11.8 Å². The van der Waals surface area contributed by atoms with Gasteiger partial charge in [0.15, 0.2) is 5.76 Å². The maximum atomic E-state index is 11.7. The van der Waals surface area contributed by atoms with Gasteiger partial charge in [-0.3, -0.25) is 9.59 Å². The molecule has 16 heavy (non-hydrogen) atoms. The lowest BCUT2D eigenvalue weighted by atomic mass is 10.3. The molecule has 5 heteroatoms. The molecule has 4 nitrogen and oxygen atoms in total. The van der Waals surface area contributed by atoms with Crippen LogP contribution in [0.4, 0.5) is 5.69 Å². The molecule has 1 heterocycles. The average Bonchev–Trinajstić information content (AvgIpc) is 2.53. The molecule has 0 N–H and O–H groups in total. The van der Waals surface area contributed by atoms with Crippen LogP contribution in [-0.2, 0) is 14.3 Å². The normalized spacial score (nSPS) is 15.4. The Kier molecular flexibility index (Phi) is 2.66. The summed E-state index contributed by atoms with van der Waals surface area (Å²) < 4.78 is 4.79. The first-order valence-electron chi connectivity index (χ1n) is 4.53. The standard InChI is InChI=1S/C11H8ClNO3/c1-16-9-6-10(14)13(11(9)15)8-4-2-3-7(12)5-8/h2-6H,1H3. The predicted octanol–water partition coefficient (Wildman–Crippen LogP) is 1.74. The molecule has 0 atom stereocenters. The molecule has 0 bridgehead atoms. The smallest absolute Gasteiger partial charge is 0.300 e. The third-order valence-electron chi connectivity index (χ3n) is 2.18. The van der Waals surface area contributed by atoms with Gasteiger partial charge in [-0.2, -0.15) is 0 Å². The Balaban J connectivity index is 2.38. The molecule has 2 amide bonds. The van der Waals surface area contributed by atoms with Crippen LogP contribution in [0.15, 0.2) is 36.1 Å². The summed E-state index contributed by atoms with van der Waals surface area (Å²) in [6.45, 7) is 0. The second-order valence-corrected chi connectivity index (χ2v) is 3.61. The second-order valence-electron chi connectivity index (χ2n) is 3.17. The largest absolute Gasteiger partial charge is 0.491 e. The number of nitrogens with zero attached hydrogens (tertiary/aromatic N) is 1. The zero-order chi connectivity index (χ0) is 11.7. The van der Waals surface area contributed by atoms with E-state index in [9.17, 15) is 9.59 Å². The first-order valence-corrected chi connectivity index (χ1v) is 4.91. The van der Waals surface area contributed by atoms with Crippen LogP contribution in [0.5, 0.6) is 0 Å². The van der Waals surface area contributed by atoms with Crippen molar-refractivity contribution in [3.8, 4) is 0 Å². The molecule has 0 unspecified atom stereocenters. The van der Waals surface area contributed by atoms with Crippen molar-refractivity contribution < 1.29 is 14.3 Å². The molecule has 0 fully saturated rings. The van der Waals surface area contributed by atoms with Crippen molar-refractivity contribution in [1.29, 1.82) is 0 Å². The van der Waals surface area contributed by atoms with Crippen molar-refractivity contribution in [3.63, 3.8) is 0 Å². The van der Waals surface area contributed by atoms with Gasteiger partial charge in [-0.15, -0.1) is 0 Å². The van der Waals surface area contributed by atoms with Crippen LogP contribution in [0.1, 0.15) is 0 Å². The van der Waals surface area contributed by atoms with Crippen LogP contribution >= 0.6 is 11.6 Å². The third kappa shape index (κ3) is 1.67. The van der Waals surface area contributed by atoms with Crippen LogP contribution in [0.25, 0.3) is 0 Å². The van der Waals surface area contributed by atoms with Gasteiger partial charge in [-0.1, -0.05) is 17.7 Å². The van der Waals surface area contributed by atoms with Gasteiger partial charge in [-0.05, 0) is 18.2 Å². The Labute approximate surface area is 97.1 Å². The summed E-state index contributed by atoms with van der Waals surface area (Å²) in [7, 11) is 1.35. The number of anilines is 1. The average molecular weight is 238 g/mol. The summed E-state index contributed by atoms with van der Waals surface area (Å²) in [5, 5.41) is 0.462. The Morgan fingerprint density at radius 2 is 2.06 bits per heavy atom. The van der Waals surface area contributed by atoms with E-state index in [0.29, 0.717) is 10.7 Å². The number of rotatable bonds is 2. The summed E-state index contributed by atoms with van der Waals surface area (Å²) in [5.41, 5.74) is 0.436. The van der Waals surface area contributed by atoms with Crippen molar-refractivity contribution >= 4 is 29.1 Å². The van der Waals surface area contributed by atoms with E-state index in [2.05, 4.69) is 0 Å². The molecule has 1 aliphatic heterocycles. The molecule has 1 aromatic rings. The lowest BCUT2D eigenvalue weighted by Gasteiger charge is -2.14. The minimum absolute atomic E-state index is 0.0324. The van der Waals surface area contributed by atoms with E-state index in [1.807, 2.05) is 0 Å². The molecule has 2 rings (SSSR count). The number of amides is 2. The van der Waals surface area contributed by atoms with E-state index in [1.54, 1.807) is 24.3 Å². The summed E-state index contributed by atoms with van der Waals surface area (Å²) >= 11 is 5.79. The highest BCUT2D eigenvalue weighted by Crippen LogP contribution is 2.25. The molecular formula is C11H8ClNO3. The summed E-state index contributed by atoms with van der Waals surface area (Å²) in [5.74, 6) is -0.871. The zero-order valence-corrected chi connectivity index (χ0v) is 9.19. The van der Waals surface area contributed by atoms with E-state index >= 15 is 0 Å². The maximum Gasteiger partial charge on any atom is 0.300 e. The summed E-state index contributed by atoms with van der Waals surface area (Å²) in [4.78, 5) is 24.3. The van der Waals surface area contributed by atoms with Gasteiger partial charge in [0.1, 0.15) is 0 Å². The Morgan fingerprint density at radius 3 is 2.62 bits per heavy atom. The van der Waals surface area contributed by atoms with E-state index in [1.165, 1.54) is 7.11 Å². The van der Waals surface area contributed by atoms with Gasteiger partial charge in [0.2, 0.25) is 0 Å². The molecule has 0 radical (unpaired) electrons. The Hall–Kier alpha value is -1.81. The SMILES string of the molecule is COC1=CC(=O)N(c2cccc(Cl)c2)C1=O. The zero-order valence-electron chi connectivity index (χ0n) is 8.44. The number of imide groups is 1. The maximum absolute atomic E-state index is 11.7. The lowest BCUT2D eigenvalue weighted by molar-refractivity contribution is -0.121. The highest BCUT2D eigenvalue weighted by atomic mass is 35.5. The second kappa shape index (κ2) is 3.98. The number of hydrogen-bond acceptors (Lipinski definition) is 3. The van der Waals surface area contributed by atoms with Crippen LogP contribution in [0.3, 0.4) is 0 Å². The lowest BCUT2D eigenvalue weighted by Crippen LogP contribution is -2.30. The quantitative estimate of drug-likeness (QED) is 0.736. The monoisotopic (exact) mass is 237 g/mol.